The average Bonchev–Trinajstić information content (AvgIpc) is 2.81. The van der Waals surface area contributed by atoms with Crippen molar-refractivity contribution in [2.75, 3.05) is 0 Å². The first kappa shape index (κ1) is 12.5. The molecule has 0 saturated carbocycles. The van der Waals surface area contributed by atoms with E-state index >= 15 is 0 Å². The molecule has 0 aliphatic rings. The van der Waals surface area contributed by atoms with Crippen LogP contribution in [0.3, 0.4) is 0 Å². The van der Waals surface area contributed by atoms with Gasteiger partial charge in [0, 0.05) is 6.07 Å². The summed E-state index contributed by atoms with van der Waals surface area (Å²) in [6.07, 6.45) is 0. The molecule has 2 rings (SSSR count). The van der Waals surface area contributed by atoms with E-state index in [2.05, 4.69) is 10.2 Å². The fourth-order valence-electron chi connectivity index (χ4n) is 1.18. The number of hydrogen-bond acceptors (Lipinski definition) is 7. The quantitative estimate of drug-likeness (QED) is 0.677. The zero-order chi connectivity index (χ0) is 13.1. The smallest absolute Gasteiger partial charge is 0.335 e. The molecule has 1 N–H and O–H groups in total. The monoisotopic (exact) mass is 283 g/mol. The minimum absolute atomic E-state index is 0.00684. The largest absolute Gasteiger partial charge is 0.478 e. The number of aromatic nitrogens is 2. The van der Waals surface area contributed by atoms with Crippen LogP contribution in [-0.2, 0) is 0 Å². The lowest BCUT2D eigenvalue weighted by atomic mass is 10.2. The Balaban J connectivity index is 2.43. The van der Waals surface area contributed by atoms with Crippen molar-refractivity contribution >= 4 is 34.8 Å². The number of rotatable bonds is 4. The van der Waals surface area contributed by atoms with Crippen molar-refractivity contribution in [3.8, 4) is 0 Å². The number of nitro benzene ring substituents is 1. The van der Waals surface area contributed by atoms with Gasteiger partial charge in [-0.3, -0.25) is 10.1 Å². The van der Waals surface area contributed by atoms with Crippen LogP contribution in [0.2, 0.25) is 0 Å². The molecule has 0 spiro atoms. The molecule has 0 aliphatic heterocycles. The summed E-state index contributed by atoms with van der Waals surface area (Å²) in [6, 6.07) is 3.63. The molecule has 0 bridgehead atoms. The van der Waals surface area contributed by atoms with Crippen molar-refractivity contribution < 1.29 is 14.8 Å². The molecular formula is C9H5N3O4S2. The second-order valence-electron chi connectivity index (χ2n) is 3.05. The van der Waals surface area contributed by atoms with Gasteiger partial charge in [0.05, 0.1) is 15.4 Å². The molecule has 0 radical (unpaired) electrons. The number of carbonyl (C=O) groups is 1. The first-order chi connectivity index (χ1) is 8.58. The van der Waals surface area contributed by atoms with Gasteiger partial charge in [-0.2, -0.15) is 0 Å². The van der Waals surface area contributed by atoms with E-state index in [0.717, 1.165) is 11.8 Å². The van der Waals surface area contributed by atoms with Crippen molar-refractivity contribution in [2.24, 2.45) is 0 Å². The van der Waals surface area contributed by atoms with Gasteiger partial charge in [0.15, 0.2) is 4.34 Å². The van der Waals surface area contributed by atoms with E-state index in [1.54, 1.807) is 0 Å². The number of hydrogen-bond donors (Lipinski definition) is 1. The number of nitro groups is 1. The summed E-state index contributed by atoms with van der Waals surface area (Å²) in [6.45, 7) is 0. The SMILES string of the molecule is O=C(O)c1ccc([N+](=O)[O-])c(Sc2nncs2)c1. The lowest BCUT2D eigenvalue weighted by molar-refractivity contribution is -0.387. The zero-order valence-corrected chi connectivity index (χ0v) is 10.3. The first-order valence-electron chi connectivity index (χ1n) is 4.53. The molecule has 7 nitrogen and oxygen atoms in total. The Hall–Kier alpha value is -2.00. The van der Waals surface area contributed by atoms with Crippen LogP contribution in [0.1, 0.15) is 10.4 Å². The molecule has 0 atom stereocenters. The van der Waals surface area contributed by atoms with E-state index in [-0.39, 0.29) is 16.1 Å². The summed E-state index contributed by atoms with van der Waals surface area (Å²) in [5.74, 6) is -1.14. The van der Waals surface area contributed by atoms with Crippen LogP contribution >= 0.6 is 23.1 Å². The molecule has 0 saturated heterocycles. The maximum Gasteiger partial charge on any atom is 0.335 e. The fourth-order valence-corrected chi connectivity index (χ4v) is 2.76. The third-order valence-electron chi connectivity index (χ3n) is 1.94. The van der Waals surface area contributed by atoms with Crippen molar-refractivity contribution in [2.45, 2.75) is 9.24 Å². The number of benzene rings is 1. The van der Waals surface area contributed by atoms with Gasteiger partial charge in [0.1, 0.15) is 5.51 Å². The molecule has 0 fully saturated rings. The summed E-state index contributed by atoms with van der Waals surface area (Å²) in [4.78, 5) is 21.3. The summed E-state index contributed by atoms with van der Waals surface area (Å²) in [5, 5.41) is 27.1. The standard InChI is InChI=1S/C9H5N3O4S2/c13-8(14)5-1-2-6(12(15)16)7(3-5)18-9-11-10-4-17-9/h1-4H,(H,13,14). The van der Waals surface area contributed by atoms with Crippen LogP contribution in [0, 0.1) is 10.1 Å². The van der Waals surface area contributed by atoms with E-state index < -0.39 is 10.9 Å². The minimum Gasteiger partial charge on any atom is -0.478 e. The highest BCUT2D eigenvalue weighted by atomic mass is 32.2. The molecule has 9 heteroatoms. The van der Waals surface area contributed by atoms with Gasteiger partial charge >= 0.3 is 5.97 Å². The van der Waals surface area contributed by atoms with Crippen LogP contribution in [0.5, 0.6) is 0 Å². The van der Waals surface area contributed by atoms with Crippen molar-refractivity contribution in [3.05, 3.63) is 39.4 Å². The average molecular weight is 283 g/mol. The van der Waals surface area contributed by atoms with Crippen LogP contribution in [0.15, 0.2) is 32.9 Å². The maximum atomic E-state index is 10.8. The zero-order valence-electron chi connectivity index (χ0n) is 8.64. The van der Waals surface area contributed by atoms with Gasteiger partial charge in [0.25, 0.3) is 5.69 Å². The molecule has 1 heterocycles. The maximum absolute atomic E-state index is 10.8. The molecule has 0 unspecified atom stereocenters. The Morgan fingerprint density at radius 3 is 2.83 bits per heavy atom. The topological polar surface area (TPSA) is 106 Å². The van der Waals surface area contributed by atoms with E-state index in [4.69, 9.17) is 5.11 Å². The Labute approximate surface area is 109 Å². The molecule has 92 valence electrons. The highest BCUT2D eigenvalue weighted by molar-refractivity contribution is 8.01. The van der Waals surface area contributed by atoms with E-state index in [9.17, 15) is 14.9 Å². The second kappa shape index (κ2) is 5.10. The Morgan fingerprint density at radius 2 is 2.28 bits per heavy atom. The fraction of sp³-hybridized carbons (Fsp3) is 0. The molecule has 18 heavy (non-hydrogen) atoms. The summed E-state index contributed by atoms with van der Waals surface area (Å²) < 4.78 is 0.514. The molecule has 1 aromatic carbocycles. The van der Waals surface area contributed by atoms with E-state index in [0.29, 0.717) is 4.34 Å². The predicted octanol–water partition coefficient (Wildman–Crippen LogP) is 2.30. The van der Waals surface area contributed by atoms with Crippen molar-refractivity contribution in [1.29, 1.82) is 0 Å². The second-order valence-corrected chi connectivity index (χ2v) is 5.17. The van der Waals surface area contributed by atoms with Crippen LogP contribution in [-0.4, -0.2) is 26.2 Å². The van der Waals surface area contributed by atoms with Crippen LogP contribution in [0.25, 0.3) is 0 Å². The van der Waals surface area contributed by atoms with Gasteiger partial charge in [-0.1, -0.05) is 23.1 Å². The predicted molar refractivity (Wildman–Crippen MR) is 64.1 cm³/mol. The first-order valence-corrected chi connectivity index (χ1v) is 6.23. The van der Waals surface area contributed by atoms with Gasteiger partial charge in [-0.05, 0) is 12.1 Å². The Bertz CT molecular complexity index is 600. The van der Waals surface area contributed by atoms with Gasteiger partial charge in [0.2, 0.25) is 0 Å². The lowest BCUT2D eigenvalue weighted by Crippen LogP contribution is -1.98. The molecule has 0 aliphatic carbocycles. The summed E-state index contributed by atoms with van der Waals surface area (Å²) >= 11 is 2.24. The summed E-state index contributed by atoms with van der Waals surface area (Å²) in [7, 11) is 0. The molecule has 2 aromatic rings. The van der Waals surface area contributed by atoms with Gasteiger partial charge in [-0.25, -0.2) is 4.79 Å². The van der Waals surface area contributed by atoms with E-state index in [1.807, 2.05) is 0 Å². The number of carboxylic acids is 1. The van der Waals surface area contributed by atoms with Crippen LogP contribution in [0.4, 0.5) is 5.69 Å². The number of nitrogens with zero attached hydrogens (tertiary/aromatic N) is 3. The lowest BCUT2D eigenvalue weighted by Gasteiger charge is -2.01. The number of aromatic carboxylic acids is 1. The molecule has 1 aromatic heterocycles. The molecular weight excluding hydrogens is 278 g/mol. The third kappa shape index (κ3) is 2.63. The number of carboxylic acid groups (broad SMARTS) is 1. The highest BCUT2D eigenvalue weighted by Crippen LogP contribution is 2.35. The van der Waals surface area contributed by atoms with E-state index in [1.165, 1.54) is 35.0 Å². The van der Waals surface area contributed by atoms with Gasteiger partial charge < -0.3 is 5.11 Å². The Morgan fingerprint density at radius 1 is 1.50 bits per heavy atom. The van der Waals surface area contributed by atoms with Gasteiger partial charge in [-0.15, -0.1) is 10.2 Å². The Kier molecular flexibility index (Phi) is 3.53. The third-order valence-corrected chi connectivity index (χ3v) is 3.77. The van der Waals surface area contributed by atoms with Crippen molar-refractivity contribution in [3.63, 3.8) is 0 Å². The summed E-state index contributed by atoms with van der Waals surface area (Å²) in [5.41, 5.74) is 1.34. The minimum atomic E-state index is -1.14. The normalized spacial score (nSPS) is 10.2. The molecule has 0 amide bonds. The van der Waals surface area contributed by atoms with Crippen LogP contribution < -0.4 is 0 Å². The highest BCUT2D eigenvalue weighted by Gasteiger charge is 2.18. The van der Waals surface area contributed by atoms with Crippen molar-refractivity contribution in [1.82, 2.24) is 10.2 Å².